The monoisotopic (exact) mass is 362 g/mol. The minimum Gasteiger partial charge on any atom is -0.324 e. The molecular weight excluding hydrogens is 348 g/mol. The SMILES string of the molecule is N#Cc1ccc(Cl)cc1NC(=O)CSc1nnnn1C1CCCC1. The van der Waals surface area contributed by atoms with Gasteiger partial charge in [0.25, 0.3) is 0 Å². The number of anilines is 1. The van der Waals surface area contributed by atoms with Gasteiger partial charge in [-0.05, 0) is 41.5 Å². The summed E-state index contributed by atoms with van der Waals surface area (Å²) in [6.45, 7) is 0. The quantitative estimate of drug-likeness (QED) is 0.821. The maximum Gasteiger partial charge on any atom is 0.234 e. The number of carbonyl (C=O) groups excluding carboxylic acids is 1. The van der Waals surface area contributed by atoms with Gasteiger partial charge in [0.1, 0.15) is 6.07 Å². The second-order valence-corrected chi connectivity index (χ2v) is 6.86. The van der Waals surface area contributed by atoms with Gasteiger partial charge in [-0.1, -0.05) is 36.2 Å². The highest BCUT2D eigenvalue weighted by Crippen LogP contribution is 2.31. The maximum atomic E-state index is 12.2. The van der Waals surface area contributed by atoms with Crippen molar-refractivity contribution in [1.29, 1.82) is 5.26 Å². The number of aromatic nitrogens is 4. The van der Waals surface area contributed by atoms with E-state index in [0.29, 0.717) is 27.5 Å². The molecule has 124 valence electrons. The van der Waals surface area contributed by atoms with E-state index in [1.807, 2.05) is 10.8 Å². The number of halogens is 1. The second-order valence-electron chi connectivity index (χ2n) is 5.48. The summed E-state index contributed by atoms with van der Waals surface area (Å²) in [7, 11) is 0. The zero-order valence-electron chi connectivity index (χ0n) is 12.8. The largest absolute Gasteiger partial charge is 0.324 e. The molecule has 7 nitrogen and oxygen atoms in total. The van der Waals surface area contributed by atoms with Gasteiger partial charge in [-0.25, -0.2) is 4.68 Å². The summed E-state index contributed by atoms with van der Waals surface area (Å²) in [5.41, 5.74) is 0.777. The summed E-state index contributed by atoms with van der Waals surface area (Å²) < 4.78 is 1.81. The lowest BCUT2D eigenvalue weighted by Gasteiger charge is -2.11. The van der Waals surface area contributed by atoms with Crippen LogP contribution in [0.1, 0.15) is 37.3 Å². The van der Waals surface area contributed by atoms with Crippen molar-refractivity contribution in [3.05, 3.63) is 28.8 Å². The molecule has 1 aliphatic carbocycles. The molecule has 1 saturated carbocycles. The first kappa shape index (κ1) is 16.7. The lowest BCUT2D eigenvalue weighted by molar-refractivity contribution is -0.113. The fourth-order valence-electron chi connectivity index (χ4n) is 2.69. The number of thioether (sulfide) groups is 1. The van der Waals surface area contributed by atoms with Crippen LogP contribution < -0.4 is 5.32 Å². The fourth-order valence-corrected chi connectivity index (χ4v) is 3.61. The van der Waals surface area contributed by atoms with Crippen LogP contribution >= 0.6 is 23.4 Å². The summed E-state index contributed by atoms with van der Waals surface area (Å²) in [5, 5.41) is 24.7. The molecule has 0 unspecified atom stereocenters. The van der Waals surface area contributed by atoms with E-state index in [0.717, 1.165) is 12.8 Å². The molecule has 1 aliphatic rings. The molecule has 1 aromatic carbocycles. The first-order valence-electron chi connectivity index (χ1n) is 7.57. The molecule has 1 fully saturated rings. The Morgan fingerprint density at radius 1 is 1.46 bits per heavy atom. The molecule has 9 heteroatoms. The minimum atomic E-state index is -0.236. The van der Waals surface area contributed by atoms with Gasteiger partial charge in [0.15, 0.2) is 0 Å². The van der Waals surface area contributed by atoms with Crippen molar-refractivity contribution >= 4 is 35.0 Å². The standard InChI is InChI=1S/C15H15ClN6OS/c16-11-6-5-10(8-17)13(7-11)18-14(23)9-24-15-19-20-21-22(15)12-3-1-2-4-12/h5-7,12H,1-4,9H2,(H,18,23). The van der Waals surface area contributed by atoms with Crippen LogP contribution in [0.2, 0.25) is 5.02 Å². The van der Waals surface area contributed by atoms with Gasteiger partial charge in [-0.2, -0.15) is 5.26 Å². The first-order valence-corrected chi connectivity index (χ1v) is 8.94. The van der Waals surface area contributed by atoms with Crippen LogP contribution in [0.5, 0.6) is 0 Å². The van der Waals surface area contributed by atoms with E-state index in [4.69, 9.17) is 16.9 Å². The predicted octanol–water partition coefficient (Wildman–Crippen LogP) is 3.04. The topological polar surface area (TPSA) is 96.5 Å². The number of hydrogen-bond acceptors (Lipinski definition) is 6. The minimum absolute atomic E-state index is 0.157. The molecule has 1 amide bonds. The number of hydrogen-bond donors (Lipinski definition) is 1. The van der Waals surface area contributed by atoms with Gasteiger partial charge in [0, 0.05) is 5.02 Å². The van der Waals surface area contributed by atoms with Crippen molar-refractivity contribution < 1.29 is 4.79 Å². The van der Waals surface area contributed by atoms with Crippen LogP contribution in [0.15, 0.2) is 23.4 Å². The highest BCUT2D eigenvalue weighted by Gasteiger charge is 2.22. The third-order valence-electron chi connectivity index (χ3n) is 3.84. The van der Waals surface area contributed by atoms with E-state index < -0.39 is 0 Å². The number of nitrogens with zero attached hydrogens (tertiary/aromatic N) is 5. The molecule has 0 radical (unpaired) electrons. The molecule has 3 rings (SSSR count). The van der Waals surface area contributed by atoms with Crippen LogP contribution in [-0.2, 0) is 4.79 Å². The van der Waals surface area contributed by atoms with Crippen molar-refractivity contribution in [1.82, 2.24) is 20.2 Å². The lowest BCUT2D eigenvalue weighted by atomic mass is 10.2. The number of tetrazole rings is 1. The lowest BCUT2D eigenvalue weighted by Crippen LogP contribution is -2.16. The fraction of sp³-hybridized carbons (Fsp3) is 0.400. The predicted molar refractivity (Wildman–Crippen MR) is 90.8 cm³/mol. The third kappa shape index (κ3) is 3.86. The van der Waals surface area contributed by atoms with Crippen molar-refractivity contribution in [3.63, 3.8) is 0 Å². The van der Waals surface area contributed by atoms with Crippen molar-refractivity contribution in [2.45, 2.75) is 36.9 Å². The molecule has 24 heavy (non-hydrogen) atoms. The highest BCUT2D eigenvalue weighted by atomic mass is 35.5. The van der Waals surface area contributed by atoms with E-state index in [9.17, 15) is 4.79 Å². The Labute approximate surface area is 148 Å². The van der Waals surface area contributed by atoms with Crippen molar-refractivity contribution in [3.8, 4) is 6.07 Å². The molecule has 0 bridgehead atoms. The van der Waals surface area contributed by atoms with Gasteiger partial charge in [0.05, 0.1) is 23.0 Å². The van der Waals surface area contributed by atoms with Crippen LogP contribution in [0.4, 0.5) is 5.69 Å². The average molecular weight is 363 g/mol. The summed E-state index contributed by atoms with van der Waals surface area (Å²) in [6, 6.07) is 7.10. The van der Waals surface area contributed by atoms with Crippen LogP contribution in [-0.4, -0.2) is 31.9 Å². The Bertz CT molecular complexity index is 781. The van der Waals surface area contributed by atoms with Gasteiger partial charge in [0.2, 0.25) is 11.1 Å². The average Bonchev–Trinajstić information content (AvgIpc) is 3.24. The first-order chi connectivity index (χ1) is 11.7. The maximum absolute atomic E-state index is 12.2. The summed E-state index contributed by atoms with van der Waals surface area (Å²) in [5.74, 6) is -0.0791. The molecule has 0 aliphatic heterocycles. The van der Waals surface area contributed by atoms with Gasteiger partial charge < -0.3 is 5.32 Å². The van der Waals surface area contributed by atoms with Crippen molar-refractivity contribution in [2.75, 3.05) is 11.1 Å². The number of carbonyl (C=O) groups is 1. The van der Waals surface area contributed by atoms with Crippen molar-refractivity contribution in [2.24, 2.45) is 0 Å². The number of amides is 1. The smallest absolute Gasteiger partial charge is 0.234 e. The number of rotatable bonds is 5. The zero-order chi connectivity index (χ0) is 16.9. The van der Waals surface area contributed by atoms with Gasteiger partial charge >= 0.3 is 0 Å². The van der Waals surface area contributed by atoms with E-state index in [1.54, 1.807) is 18.2 Å². The van der Waals surface area contributed by atoms with Crippen LogP contribution in [0.3, 0.4) is 0 Å². The van der Waals surface area contributed by atoms with Crippen LogP contribution in [0.25, 0.3) is 0 Å². The highest BCUT2D eigenvalue weighted by molar-refractivity contribution is 7.99. The third-order valence-corrected chi connectivity index (χ3v) is 5.01. The molecule has 0 spiro atoms. The summed E-state index contributed by atoms with van der Waals surface area (Å²) >= 11 is 7.20. The molecule has 1 N–H and O–H groups in total. The molecule has 2 aromatic rings. The molecule has 1 aromatic heterocycles. The Morgan fingerprint density at radius 3 is 3.00 bits per heavy atom. The van der Waals surface area contributed by atoms with E-state index in [2.05, 4.69) is 20.8 Å². The van der Waals surface area contributed by atoms with Gasteiger partial charge in [-0.3, -0.25) is 4.79 Å². The normalized spacial score (nSPS) is 14.5. The molecule has 0 atom stereocenters. The Balaban J connectivity index is 1.62. The molecule has 0 saturated heterocycles. The number of benzene rings is 1. The Morgan fingerprint density at radius 2 is 2.25 bits per heavy atom. The Hall–Kier alpha value is -2.11. The summed E-state index contributed by atoms with van der Waals surface area (Å²) in [4.78, 5) is 12.2. The summed E-state index contributed by atoms with van der Waals surface area (Å²) in [6.07, 6.45) is 4.50. The molecule has 1 heterocycles. The van der Waals surface area contributed by atoms with E-state index >= 15 is 0 Å². The zero-order valence-corrected chi connectivity index (χ0v) is 14.3. The Kier molecular flexibility index (Phi) is 5.33. The second kappa shape index (κ2) is 7.64. The molecular formula is C15H15ClN6OS. The van der Waals surface area contributed by atoms with Crippen LogP contribution in [0, 0.1) is 11.3 Å². The van der Waals surface area contributed by atoms with E-state index in [1.165, 1.54) is 24.6 Å². The van der Waals surface area contributed by atoms with Gasteiger partial charge in [-0.15, -0.1) is 5.10 Å². The van der Waals surface area contributed by atoms with E-state index in [-0.39, 0.29) is 11.7 Å². The number of nitrogens with one attached hydrogen (secondary N) is 1. The number of nitriles is 1.